The van der Waals surface area contributed by atoms with E-state index >= 15 is 0 Å². The first-order valence-electron chi connectivity index (χ1n) is 5.13. The predicted molar refractivity (Wildman–Crippen MR) is 52.2 cm³/mol. The van der Waals surface area contributed by atoms with Crippen LogP contribution in [0.4, 0.5) is 0 Å². The minimum absolute atomic E-state index is 0.0189. The normalized spacial score (nSPS) is 33.9. The highest BCUT2D eigenvalue weighted by molar-refractivity contribution is 4.92. The van der Waals surface area contributed by atoms with E-state index in [1.807, 2.05) is 13.8 Å². The van der Waals surface area contributed by atoms with Crippen LogP contribution >= 0.6 is 0 Å². The molecule has 1 saturated carbocycles. The van der Waals surface area contributed by atoms with Crippen molar-refractivity contribution in [3.8, 4) is 0 Å². The molecule has 0 aromatic heterocycles. The highest BCUT2D eigenvalue weighted by Gasteiger charge is 2.41. The molecule has 0 radical (unpaired) electrons. The summed E-state index contributed by atoms with van der Waals surface area (Å²) in [5.74, 6) is 0. The van der Waals surface area contributed by atoms with Gasteiger partial charge in [-0.15, -0.1) is 0 Å². The zero-order valence-corrected chi connectivity index (χ0v) is 9.10. The molecule has 4 atom stereocenters. The van der Waals surface area contributed by atoms with Gasteiger partial charge in [0.15, 0.2) is 0 Å². The zero-order chi connectivity index (χ0) is 10.6. The molecule has 84 valence electrons. The van der Waals surface area contributed by atoms with E-state index in [4.69, 9.17) is 14.2 Å². The first-order valence-corrected chi connectivity index (χ1v) is 5.13. The number of methoxy groups -OCH3 is 1. The van der Waals surface area contributed by atoms with Gasteiger partial charge in [0.2, 0.25) is 0 Å². The van der Waals surface area contributed by atoms with Crippen LogP contribution in [0.15, 0.2) is 0 Å². The fraction of sp³-hybridized carbons (Fsp3) is 1.00. The Balaban J connectivity index is 2.17. The van der Waals surface area contributed by atoms with Crippen LogP contribution in [0.25, 0.3) is 0 Å². The second-order valence-corrected chi connectivity index (χ2v) is 3.65. The van der Waals surface area contributed by atoms with Crippen LogP contribution in [0.5, 0.6) is 0 Å². The summed E-state index contributed by atoms with van der Waals surface area (Å²) < 4.78 is 16.0. The topological polar surface area (TPSA) is 47.9 Å². The molecule has 4 nitrogen and oxygen atoms in total. The van der Waals surface area contributed by atoms with Gasteiger partial charge >= 0.3 is 0 Å². The van der Waals surface area contributed by atoms with E-state index in [0.29, 0.717) is 19.6 Å². The second kappa shape index (κ2) is 5.66. The van der Waals surface area contributed by atoms with Gasteiger partial charge in [-0.2, -0.15) is 0 Å². The molecule has 4 unspecified atom stereocenters. The summed E-state index contributed by atoms with van der Waals surface area (Å²) >= 11 is 0. The number of hydrogen-bond donors (Lipinski definition) is 1. The Labute approximate surface area is 85.2 Å². The smallest absolute Gasteiger partial charge is 0.109 e. The largest absolute Gasteiger partial charge is 0.390 e. The van der Waals surface area contributed by atoms with Gasteiger partial charge in [-0.3, -0.25) is 0 Å². The number of rotatable bonds is 6. The van der Waals surface area contributed by atoms with Gasteiger partial charge in [0.05, 0.1) is 24.9 Å². The van der Waals surface area contributed by atoms with Gasteiger partial charge in [0, 0.05) is 20.1 Å². The molecule has 0 spiro atoms. The quantitative estimate of drug-likeness (QED) is 0.687. The average Bonchev–Trinajstić information content (AvgIpc) is 2.14. The number of ether oxygens (including phenoxy) is 3. The van der Waals surface area contributed by atoms with Gasteiger partial charge in [0.25, 0.3) is 0 Å². The molecular formula is C10H20O4. The van der Waals surface area contributed by atoms with Crippen molar-refractivity contribution >= 4 is 0 Å². The fourth-order valence-electron chi connectivity index (χ4n) is 1.62. The van der Waals surface area contributed by atoms with Gasteiger partial charge in [-0.1, -0.05) is 0 Å². The van der Waals surface area contributed by atoms with Crippen molar-refractivity contribution in [2.45, 2.75) is 44.7 Å². The molecule has 1 N–H and O–H groups in total. The summed E-state index contributed by atoms with van der Waals surface area (Å²) in [7, 11) is 1.59. The summed E-state index contributed by atoms with van der Waals surface area (Å²) in [5, 5.41) is 9.33. The third kappa shape index (κ3) is 2.92. The lowest BCUT2D eigenvalue weighted by atomic mass is 9.88. The molecule has 0 saturated heterocycles. The van der Waals surface area contributed by atoms with Crippen LogP contribution in [0.1, 0.15) is 20.3 Å². The Bertz CT molecular complexity index is 162. The van der Waals surface area contributed by atoms with Crippen LogP contribution in [0.2, 0.25) is 0 Å². The number of aliphatic hydroxyl groups is 1. The molecule has 1 aliphatic rings. The molecule has 0 aromatic carbocycles. The van der Waals surface area contributed by atoms with Crippen LogP contribution in [-0.4, -0.2) is 49.8 Å². The summed E-state index contributed by atoms with van der Waals surface area (Å²) in [5.41, 5.74) is 0. The first kappa shape index (κ1) is 11.9. The molecule has 0 aliphatic heterocycles. The highest BCUT2D eigenvalue weighted by Crippen LogP contribution is 2.27. The van der Waals surface area contributed by atoms with E-state index < -0.39 is 0 Å². The van der Waals surface area contributed by atoms with Crippen molar-refractivity contribution < 1.29 is 19.3 Å². The second-order valence-electron chi connectivity index (χ2n) is 3.65. The Morgan fingerprint density at radius 1 is 1.50 bits per heavy atom. The molecule has 1 fully saturated rings. The van der Waals surface area contributed by atoms with E-state index in [2.05, 4.69) is 0 Å². The Morgan fingerprint density at radius 2 is 2.21 bits per heavy atom. The third-order valence-corrected chi connectivity index (χ3v) is 2.46. The lowest BCUT2D eigenvalue weighted by Crippen LogP contribution is -2.54. The summed E-state index contributed by atoms with van der Waals surface area (Å²) in [6, 6.07) is 0. The van der Waals surface area contributed by atoms with E-state index in [1.165, 1.54) is 0 Å². The molecular weight excluding hydrogens is 184 g/mol. The molecule has 1 aliphatic carbocycles. The number of aliphatic hydroxyl groups excluding tert-OH is 1. The third-order valence-electron chi connectivity index (χ3n) is 2.46. The van der Waals surface area contributed by atoms with Crippen LogP contribution in [0.3, 0.4) is 0 Å². The van der Waals surface area contributed by atoms with Crippen molar-refractivity contribution in [1.29, 1.82) is 0 Å². The van der Waals surface area contributed by atoms with E-state index in [1.54, 1.807) is 7.11 Å². The predicted octanol–water partition coefficient (Wildman–Crippen LogP) is 0.576. The number of hydrogen-bond acceptors (Lipinski definition) is 4. The molecule has 0 amide bonds. The van der Waals surface area contributed by atoms with Gasteiger partial charge in [-0.05, 0) is 13.8 Å². The highest BCUT2D eigenvalue weighted by atomic mass is 16.6. The summed E-state index contributed by atoms with van der Waals surface area (Å²) in [4.78, 5) is 0. The molecule has 4 heteroatoms. The van der Waals surface area contributed by atoms with Gasteiger partial charge in [0.1, 0.15) is 6.10 Å². The maximum Gasteiger partial charge on any atom is 0.109 e. The maximum atomic E-state index is 9.33. The van der Waals surface area contributed by atoms with Gasteiger partial charge in [-0.25, -0.2) is 0 Å². The van der Waals surface area contributed by atoms with Crippen LogP contribution < -0.4 is 0 Å². The van der Waals surface area contributed by atoms with E-state index in [-0.39, 0.29) is 24.4 Å². The van der Waals surface area contributed by atoms with E-state index in [0.717, 1.165) is 0 Å². The monoisotopic (exact) mass is 204 g/mol. The summed E-state index contributed by atoms with van der Waals surface area (Å²) in [6.45, 7) is 5.22. The van der Waals surface area contributed by atoms with Crippen molar-refractivity contribution in [3.05, 3.63) is 0 Å². The molecule has 14 heavy (non-hydrogen) atoms. The SMILES string of the molecule is CCOCC(C)OC1CC(O)C1OC. The van der Waals surface area contributed by atoms with Crippen molar-refractivity contribution in [2.75, 3.05) is 20.3 Å². The minimum Gasteiger partial charge on any atom is -0.390 e. The molecule has 0 heterocycles. The first-order chi connectivity index (χ1) is 6.69. The Kier molecular flexibility index (Phi) is 4.81. The average molecular weight is 204 g/mol. The Hall–Kier alpha value is -0.160. The minimum atomic E-state index is -0.371. The lowest BCUT2D eigenvalue weighted by Gasteiger charge is -2.41. The van der Waals surface area contributed by atoms with Crippen molar-refractivity contribution in [1.82, 2.24) is 0 Å². The van der Waals surface area contributed by atoms with E-state index in [9.17, 15) is 5.11 Å². The lowest BCUT2D eigenvalue weighted by molar-refractivity contribution is -0.201. The molecule has 0 bridgehead atoms. The van der Waals surface area contributed by atoms with Crippen LogP contribution in [-0.2, 0) is 14.2 Å². The zero-order valence-electron chi connectivity index (χ0n) is 9.10. The van der Waals surface area contributed by atoms with Crippen molar-refractivity contribution in [3.63, 3.8) is 0 Å². The van der Waals surface area contributed by atoms with Crippen molar-refractivity contribution in [2.24, 2.45) is 0 Å². The standard InChI is InChI=1S/C10H20O4/c1-4-13-6-7(2)14-9-5-8(11)10(9)12-3/h7-11H,4-6H2,1-3H3. The molecule has 0 aromatic rings. The summed E-state index contributed by atoms with van der Waals surface area (Å²) in [6.07, 6.45) is 0.202. The Morgan fingerprint density at radius 3 is 2.71 bits per heavy atom. The maximum absolute atomic E-state index is 9.33. The fourth-order valence-corrected chi connectivity index (χ4v) is 1.62. The van der Waals surface area contributed by atoms with Crippen LogP contribution in [0, 0.1) is 0 Å². The van der Waals surface area contributed by atoms with Gasteiger partial charge < -0.3 is 19.3 Å². The molecule has 1 rings (SSSR count).